The minimum absolute atomic E-state index is 0.113. The van der Waals surface area contributed by atoms with Gasteiger partial charge in [0, 0.05) is 6.61 Å². The molecule has 0 aromatic carbocycles. The number of carbonyl (C=O) groups excluding carboxylic acids is 1. The fraction of sp³-hybridized carbons (Fsp3) is 0.750. The fourth-order valence-corrected chi connectivity index (χ4v) is 1.56. The van der Waals surface area contributed by atoms with Crippen LogP contribution in [0.2, 0.25) is 0 Å². The van der Waals surface area contributed by atoms with Crippen molar-refractivity contribution in [2.45, 2.75) is 52.2 Å². The fourth-order valence-electron chi connectivity index (χ4n) is 1.24. The Labute approximate surface area is 112 Å². The molecule has 0 rings (SSSR count). The molecule has 0 aliphatic heterocycles. The number of alkyl carbamates (subject to hydrolysis) is 1. The van der Waals surface area contributed by atoms with E-state index in [4.69, 9.17) is 9.84 Å². The SMILES string of the molecule is C/C(Br)=C/[C@H](CCCO)NC(=O)OC(C)(C)C. The van der Waals surface area contributed by atoms with Crippen molar-refractivity contribution in [1.82, 2.24) is 5.32 Å². The summed E-state index contributed by atoms with van der Waals surface area (Å²) < 4.78 is 6.11. The van der Waals surface area contributed by atoms with E-state index in [1.165, 1.54) is 0 Å². The van der Waals surface area contributed by atoms with Crippen molar-refractivity contribution in [3.05, 3.63) is 10.6 Å². The average Bonchev–Trinajstić information content (AvgIpc) is 2.09. The van der Waals surface area contributed by atoms with Gasteiger partial charge < -0.3 is 15.2 Å². The number of halogens is 1. The number of hydrogen-bond donors (Lipinski definition) is 2. The number of nitrogens with one attached hydrogen (secondary N) is 1. The van der Waals surface area contributed by atoms with Crippen LogP contribution >= 0.6 is 15.9 Å². The first-order chi connectivity index (χ1) is 7.74. The molecule has 0 saturated carbocycles. The van der Waals surface area contributed by atoms with Crippen molar-refractivity contribution in [3.63, 3.8) is 0 Å². The summed E-state index contributed by atoms with van der Waals surface area (Å²) >= 11 is 3.32. The van der Waals surface area contributed by atoms with Crippen LogP contribution in [-0.4, -0.2) is 29.4 Å². The highest BCUT2D eigenvalue weighted by atomic mass is 79.9. The molecule has 0 bridgehead atoms. The Kier molecular flexibility index (Phi) is 7.46. The third kappa shape index (κ3) is 10.3. The van der Waals surface area contributed by atoms with Crippen LogP contribution < -0.4 is 5.32 Å². The summed E-state index contributed by atoms with van der Waals surface area (Å²) in [5, 5.41) is 11.6. The molecule has 4 nitrogen and oxygen atoms in total. The maximum atomic E-state index is 11.6. The first kappa shape index (κ1) is 16.4. The van der Waals surface area contributed by atoms with Gasteiger partial charge in [0.15, 0.2) is 0 Å². The van der Waals surface area contributed by atoms with E-state index in [0.717, 1.165) is 4.48 Å². The monoisotopic (exact) mass is 307 g/mol. The highest BCUT2D eigenvalue weighted by Gasteiger charge is 2.18. The van der Waals surface area contributed by atoms with Crippen molar-refractivity contribution in [2.24, 2.45) is 0 Å². The Hall–Kier alpha value is -0.550. The van der Waals surface area contributed by atoms with Gasteiger partial charge in [0.2, 0.25) is 0 Å². The number of allylic oxidation sites excluding steroid dienone is 1. The van der Waals surface area contributed by atoms with Gasteiger partial charge in [-0.1, -0.05) is 22.0 Å². The van der Waals surface area contributed by atoms with Crippen LogP contribution in [0, 0.1) is 0 Å². The molecule has 0 radical (unpaired) electrons. The van der Waals surface area contributed by atoms with E-state index in [1.54, 1.807) is 0 Å². The normalized spacial score (nSPS) is 14.4. The zero-order valence-electron chi connectivity index (χ0n) is 10.9. The number of aliphatic hydroxyl groups is 1. The van der Waals surface area contributed by atoms with Gasteiger partial charge in [0.05, 0.1) is 6.04 Å². The Bertz CT molecular complexity index is 267. The molecule has 1 amide bonds. The largest absolute Gasteiger partial charge is 0.444 e. The predicted octanol–water partition coefficient (Wildman–Crippen LogP) is 2.95. The molecule has 0 saturated heterocycles. The second-order valence-corrected chi connectivity index (χ2v) is 6.12. The second kappa shape index (κ2) is 7.71. The highest BCUT2D eigenvalue weighted by molar-refractivity contribution is 9.11. The van der Waals surface area contributed by atoms with Crippen LogP contribution in [0.1, 0.15) is 40.5 Å². The topological polar surface area (TPSA) is 58.6 Å². The molecule has 0 heterocycles. The van der Waals surface area contributed by atoms with Crippen molar-refractivity contribution in [3.8, 4) is 0 Å². The number of amides is 1. The molecule has 100 valence electrons. The Morgan fingerprint density at radius 1 is 1.53 bits per heavy atom. The van der Waals surface area contributed by atoms with Gasteiger partial charge in [-0.25, -0.2) is 4.79 Å². The standard InChI is InChI=1S/C12H22BrNO3/c1-9(13)8-10(6-5-7-15)14-11(16)17-12(2,3)4/h8,10,15H,5-7H2,1-4H3,(H,14,16)/b9-8-/t10-/m0/s1. The van der Waals surface area contributed by atoms with Gasteiger partial charge >= 0.3 is 6.09 Å². The molecular formula is C12H22BrNO3. The third-order valence-electron chi connectivity index (χ3n) is 1.81. The zero-order valence-corrected chi connectivity index (χ0v) is 12.5. The van der Waals surface area contributed by atoms with Crippen molar-refractivity contribution < 1.29 is 14.6 Å². The Balaban J connectivity index is 4.32. The lowest BCUT2D eigenvalue weighted by Gasteiger charge is -2.22. The van der Waals surface area contributed by atoms with Gasteiger partial charge in [-0.3, -0.25) is 0 Å². The highest BCUT2D eigenvalue weighted by Crippen LogP contribution is 2.10. The van der Waals surface area contributed by atoms with Crippen molar-refractivity contribution in [2.75, 3.05) is 6.61 Å². The molecule has 0 aromatic heterocycles. The van der Waals surface area contributed by atoms with Crippen LogP contribution in [-0.2, 0) is 4.74 Å². The summed E-state index contributed by atoms with van der Waals surface area (Å²) in [4.78, 5) is 11.6. The van der Waals surface area contributed by atoms with Gasteiger partial charge in [-0.2, -0.15) is 0 Å². The summed E-state index contributed by atoms with van der Waals surface area (Å²) in [5.74, 6) is 0. The summed E-state index contributed by atoms with van der Waals surface area (Å²) in [5.41, 5.74) is -0.501. The van der Waals surface area contributed by atoms with E-state index in [0.29, 0.717) is 12.8 Å². The van der Waals surface area contributed by atoms with E-state index < -0.39 is 11.7 Å². The van der Waals surface area contributed by atoms with Gasteiger partial charge in [0.25, 0.3) is 0 Å². The molecule has 0 aliphatic carbocycles. The molecule has 1 atom stereocenters. The number of rotatable bonds is 5. The van der Waals surface area contributed by atoms with Crippen molar-refractivity contribution in [1.29, 1.82) is 0 Å². The van der Waals surface area contributed by atoms with Gasteiger partial charge in [0.1, 0.15) is 5.60 Å². The van der Waals surface area contributed by atoms with Gasteiger partial charge in [-0.05, 0) is 45.0 Å². The minimum atomic E-state index is -0.501. The first-order valence-electron chi connectivity index (χ1n) is 5.69. The number of carbonyl (C=O) groups is 1. The maximum Gasteiger partial charge on any atom is 0.408 e. The van der Waals surface area contributed by atoms with Crippen LogP contribution in [0.15, 0.2) is 10.6 Å². The minimum Gasteiger partial charge on any atom is -0.444 e. The average molecular weight is 308 g/mol. The summed E-state index contributed by atoms with van der Waals surface area (Å²) in [6.45, 7) is 7.47. The van der Waals surface area contributed by atoms with Crippen LogP contribution in [0.25, 0.3) is 0 Å². The van der Waals surface area contributed by atoms with Gasteiger partial charge in [-0.15, -0.1) is 0 Å². The molecule has 5 heteroatoms. The Morgan fingerprint density at radius 2 is 2.12 bits per heavy atom. The molecule has 0 aliphatic rings. The van der Waals surface area contributed by atoms with E-state index in [-0.39, 0.29) is 12.6 Å². The van der Waals surface area contributed by atoms with Crippen molar-refractivity contribution >= 4 is 22.0 Å². The summed E-state index contributed by atoms with van der Waals surface area (Å²) in [7, 11) is 0. The Morgan fingerprint density at radius 3 is 2.53 bits per heavy atom. The lowest BCUT2D eigenvalue weighted by Crippen LogP contribution is -2.38. The second-order valence-electron chi connectivity index (χ2n) is 4.87. The molecule has 0 aromatic rings. The van der Waals surface area contributed by atoms with Crippen LogP contribution in [0.4, 0.5) is 4.79 Å². The summed E-state index contributed by atoms with van der Waals surface area (Å²) in [6.07, 6.45) is 2.76. The number of ether oxygens (including phenoxy) is 1. The molecular weight excluding hydrogens is 286 g/mol. The molecule has 0 fully saturated rings. The third-order valence-corrected chi connectivity index (χ3v) is 2.07. The molecule has 0 spiro atoms. The zero-order chi connectivity index (χ0) is 13.5. The van der Waals surface area contributed by atoms with E-state index in [9.17, 15) is 4.79 Å². The molecule has 2 N–H and O–H groups in total. The van der Waals surface area contributed by atoms with E-state index >= 15 is 0 Å². The number of aliphatic hydroxyl groups excluding tert-OH is 1. The van der Waals surface area contributed by atoms with Crippen LogP contribution in [0.5, 0.6) is 0 Å². The van der Waals surface area contributed by atoms with Crippen LogP contribution in [0.3, 0.4) is 0 Å². The van der Waals surface area contributed by atoms with E-state index in [1.807, 2.05) is 33.8 Å². The first-order valence-corrected chi connectivity index (χ1v) is 6.48. The summed E-state index contributed by atoms with van der Waals surface area (Å²) in [6, 6.07) is -0.128. The van der Waals surface area contributed by atoms with E-state index in [2.05, 4.69) is 21.2 Å². The quantitative estimate of drug-likeness (QED) is 0.821. The lowest BCUT2D eigenvalue weighted by molar-refractivity contribution is 0.0511. The molecule has 17 heavy (non-hydrogen) atoms. The maximum absolute atomic E-state index is 11.6. The lowest BCUT2D eigenvalue weighted by atomic mass is 10.1. The molecule has 0 unspecified atom stereocenters. The number of hydrogen-bond acceptors (Lipinski definition) is 3. The predicted molar refractivity (Wildman–Crippen MR) is 72.2 cm³/mol. The smallest absolute Gasteiger partial charge is 0.408 e.